The monoisotopic (exact) mass is 290 g/mol. The fourth-order valence-electron chi connectivity index (χ4n) is 2.73. The van der Waals surface area contributed by atoms with Crippen molar-refractivity contribution in [1.82, 2.24) is 9.78 Å². The fraction of sp³-hybridized carbons (Fsp3) is 0.533. The van der Waals surface area contributed by atoms with Crippen LogP contribution in [0.15, 0.2) is 23.9 Å². The molecule has 2 rings (SSSR count). The summed E-state index contributed by atoms with van der Waals surface area (Å²) in [6.45, 7) is 8.26. The second-order valence-electron chi connectivity index (χ2n) is 6.42. The van der Waals surface area contributed by atoms with Gasteiger partial charge in [0.1, 0.15) is 6.54 Å². The number of allylic oxidation sites excluding steroid dienone is 2. The lowest BCUT2D eigenvalue weighted by atomic mass is 10.1. The van der Waals surface area contributed by atoms with Gasteiger partial charge in [-0.1, -0.05) is 25.5 Å². The molecule has 0 aromatic carbocycles. The highest BCUT2D eigenvalue weighted by Crippen LogP contribution is 2.59. The Kier molecular flexibility index (Phi) is 3.89. The molecule has 1 aromatic rings. The van der Waals surface area contributed by atoms with E-state index in [1.54, 1.807) is 12.3 Å². The van der Waals surface area contributed by atoms with Crippen molar-refractivity contribution in [1.29, 1.82) is 0 Å². The molecule has 1 fully saturated rings. The van der Waals surface area contributed by atoms with Gasteiger partial charge in [-0.3, -0.25) is 14.3 Å². The lowest BCUT2D eigenvalue weighted by Gasteiger charge is -2.03. The Labute approximate surface area is 124 Å². The molecule has 1 aliphatic carbocycles. The first kappa shape index (κ1) is 15.3. The van der Waals surface area contributed by atoms with Crippen LogP contribution in [0.5, 0.6) is 0 Å². The smallest absolute Gasteiger partial charge is 0.239 e. The van der Waals surface area contributed by atoms with Crippen molar-refractivity contribution in [2.45, 2.75) is 34.2 Å². The van der Waals surface area contributed by atoms with Gasteiger partial charge >= 0.3 is 0 Å². The second kappa shape index (κ2) is 5.35. The summed E-state index contributed by atoms with van der Waals surface area (Å²) >= 11 is 0. The number of hydrogen-bond acceptors (Lipinski definition) is 3. The van der Waals surface area contributed by atoms with Crippen molar-refractivity contribution in [3.05, 3.63) is 23.9 Å². The molecule has 114 valence electrons. The molecule has 2 amide bonds. The van der Waals surface area contributed by atoms with E-state index in [9.17, 15) is 9.59 Å². The molecular weight excluding hydrogens is 268 g/mol. The highest BCUT2D eigenvalue weighted by atomic mass is 16.2. The van der Waals surface area contributed by atoms with Crippen LogP contribution < -0.4 is 11.1 Å². The topological polar surface area (TPSA) is 90.0 Å². The Balaban J connectivity index is 2.01. The van der Waals surface area contributed by atoms with Gasteiger partial charge in [0.2, 0.25) is 11.8 Å². The average molecular weight is 290 g/mol. The zero-order valence-corrected chi connectivity index (χ0v) is 12.9. The summed E-state index contributed by atoms with van der Waals surface area (Å²) in [6.07, 6.45) is 3.77. The van der Waals surface area contributed by atoms with Crippen LogP contribution in [0, 0.1) is 17.3 Å². The largest absolute Gasteiger partial charge is 0.368 e. The van der Waals surface area contributed by atoms with Crippen LogP contribution >= 0.6 is 0 Å². The van der Waals surface area contributed by atoms with Crippen molar-refractivity contribution in [3.63, 3.8) is 0 Å². The third-order valence-electron chi connectivity index (χ3n) is 3.92. The van der Waals surface area contributed by atoms with E-state index in [0.717, 1.165) is 0 Å². The molecule has 3 N–H and O–H groups in total. The second-order valence-corrected chi connectivity index (χ2v) is 6.42. The predicted octanol–water partition coefficient (Wildman–Crippen LogP) is 1.55. The summed E-state index contributed by atoms with van der Waals surface area (Å²) in [7, 11) is 0. The Morgan fingerprint density at radius 1 is 1.48 bits per heavy atom. The molecule has 0 unspecified atom stereocenters. The van der Waals surface area contributed by atoms with E-state index in [4.69, 9.17) is 5.73 Å². The Morgan fingerprint density at radius 3 is 2.71 bits per heavy atom. The van der Waals surface area contributed by atoms with Gasteiger partial charge in [0.25, 0.3) is 0 Å². The van der Waals surface area contributed by atoms with Gasteiger partial charge in [-0.2, -0.15) is 5.10 Å². The predicted molar refractivity (Wildman–Crippen MR) is 80.2 cm³/mol. The minimum absolute atomic E-state index is 0.00514. The van der Waals surface area contributed by atoms with Gasteiger partial charge in [0.05, 0.1) is 5.92 Å². The molecule has 1 heterocycles. The number of nitrogens with zero attached hydrogens (tertiary/aromatic N) is 2. The molecular formula is C15H22N4O2. The number of carbonyl (C=O) groups excluding carboxylic acids is 2. The van der Waals surface area contributed by atoms with Crippen molar-refractivity contribution in [3.8, 4) is 0 Å². The van der Waals surface area contributed by atoms with E-state index < -0.39 is 5.91 Å². The highest BCUT2D eigenvalue weighted by molar-refractivity contribution is 5.95. The molecule has 6 heteroatoms. The van der Waals surface area contributed by atoms with E-state index in [0.29, 0.717) is 5.82 Å². The van der Waals surface area contributed by atoms with Crippen LogP contribution in [0.4, 0.5) is 5.82 Å². The first-order valence-electron chi connectivity index (χ1n) is 6.99. The van der Waals surface area contributed by atoms with Gasteiger partial charge in [0, 0.05) is 12.3 Å². The number of rotatable bonds is 5. The maximum Gasteiger partial charge on any atom is 0.239 e. The van der Waals surface area contributed by atoms with E-state index in [1.165, 1.54) is 10.3 Å². The lowest BCUT2D eigenvalue weighted by molar-refractivity contribution is -0.119. The highest BCUT2D eigenvalue weighted by Gasteiger charge is 2.60. The Morgan fingerprint density at radius 2 is 2.14 bits per heavy atom. The Bertz CT molecular complexity index is 597. The number of nitrogens with two attached hydrogens (primary N) is 1. The van der Waals surface area contributed by atoms with Crippen molar-refractivity contribution < 1.29 is 9.59 Å². The molecule has 0 radical (unpaired) electrons. The van der Waals surface area contributed by atoms with E-state index in [2.05, 4.69) is 30.3 Å². The minimum Gasteiger partial charge on any atom is -0.368 e. The first-order chi connectivity index (χ1) is 9.71. The molecule has 0 bridgehead atoms. The number of primary amides is 1. The van der Waals surface area contributed by atoms with Crippen LogP contribution in [-0.4, -0.2) is 21.6 Å². The van der Waals surface area contributed by atoms with Crippen LogP contribution in [0.25, 0.3) is 0 Å². The normalized spacial score (nSPS) is 22.5. The zero-order valence-electron chi connectivity index (χ0n) is 12.9. The standard InChI is InChI=1S/C15H22N4O2/c1-9(2)7-10-13(15(10,3)4)14(21)17-12-5-6-19(18-12)8-11(16)20/h5-7,10,13H,8H2,1-4H3,(H2,16,20)(H,17,18,21)/t10-,13-/m1/s1. The molecule has 0 spiro atoms. The van der Waals surface area contributed by atoms with Crippen molar-refractivity contribution in [2.24, 2.45) is 23.0 Å². The van der Waals surface area contributed by atoms with Gasteiger partial charge in [0.15, 0.2) is 5.82 Å². The molecule has 1 aliphatic rings. The van der Waals surface area contributed by atoms with Crippen LogP contribution in [0.3, 0.4) is 0 Å². The van der Waals surface area contributed by atoms with Gasteiger partial charge in [-0.05, 0) is 25.2 Å². The lowest BCUT2D eigenvalue weighted by Crippen LogP contribution is -2.20. The van der Waals surface area contributed by atoms with Gasteiger partial charge in [-0.15, -0.1) is 0 Å². The number of aromatic nitrogens is 2. The summed E-state index contributed by atoms with van der Waals surface area (Å²) in [5, 5.41) is 6.91. The summed E-state index contributed by atoms with van der Waals surface area (Å²) in [5.74, 6) is 0.151. The van der Waals surface area contributed by atoms with Crippen LogP contribution in [0.2, 0.25) is 0 Å². The molecule has 0 saturated heterocycles. The molecule has 21 heavy (non-hydrogen) atoms. The van der Waals surface area contributed by atoms with Crippen molar-refractivity contribution >= 4 is 17.6 Å². The number of anilines is 1. The third-order valence-corrected chi connectivity index (χ3v) is 3.92. The summed E-state index contributed by atoms with van der Waals surface area (Å²) < 4.78 is 1.41. The van der Waals surface area contributed by atoms with E-state index in [-0.39, 0.29) is 29.7 Å². The molecule has 2 atom stereocenters. The minimum atomic E-state index is -0.470. The SMILES string of the molecule is CC(C)=C[C@@H]1[C@H](C(=O)Nc2ccn(CC(N)=O)n2)C1(C)C. The number of carbonyl (C=O) groups is 2. The molecule has 1 aromatic heterocycles. The summed E-state index contributed by atoms with van der Waals surface area (Å²) in [4.78, 5) is 23.1. The number of hydrogen-bond donors (Lipinski definition) is 2. The number of amides is 2. The maximum absolute atomic E-state index is 12.3. The quantitative estimate of drug-likeness (QED) is 0.806. The molecule has 6 nitrogen and oxygen atoms in total. The van der Waals surface area contributed by atoms with Gasteiger partial charge < -0.3 is 11.1 Å². The molecule has 0 aliphatic heterocycles. The van der Waals surface area contributed by atoms with Crippen LogP contribution in [-0.2, 0) is 16.1 Å². The molecule has 1 saturated carbocycles. The van der Waals surface area contributed by atoms with Gasteiger partial charge in [-0.25, -0.2) is 0 Å². The number of nitrogens with one attached hydrogen (secondary N) is 1. The van der Waals surface area contributed by atoms with E-state index >= 15 is 0 Å². The average Bonchev–Trinajstić information content (AvgIpc) is 2.67. The van der Waals surface area contributed by atoms with E-state index in [1.807, 2.05) is 13.8 Å². The van der Waals surface area contributed by atoms with Crippen LogP contribution in [0.1, 0.15) is 27.7 Å². The summed E-state index contributed by atoms with van der Waals surface area (Å²) in [6, 6.07) is 1.66. The first-order valence-corrected chi connectivity index (χ1v) is 6.99. The Hall–Kier alpha value is -2.11. The fourth-order valence-corrected chi connectivity index (χ4v) is 2.73. The maximum atomic E-state index is 12.3. The zero-order chi connectivity index (χ0) is 15.8. The van der Waals surface area contributed by atoms with Crippen molar-refractivity contribution in [2.75, 3.05) is 5.32 Å². The summed E-state index contributed by atoms with van der Waals surface area (Å²) in [5.41, 5.74) is 6.29. The third kappa shape index (κ3) is 3.32.